The minimum absolute atomic E-state index is 0.0822. The van der Waals surface area contributed by atoms with Gasteiger partial charge in [0.05, 0.1) is 28.0 Å². The number of phenols is 2. The molecule has 0 amide bonds. The number of nitrogens with one attached hydrogen (secondary N) is 1. The summed E-state index contributed by atoms with van der Waals surface area (Å²) in [4.78, 5) is 28.2. The maximum absolute atomic E-state index is 13.1. The standard InChI is InChI=1S/C23H30N2O6/c1-22(30)11-13-14(12-23(22,2)31)20(28)18-17(19(13)27)16(26)10-15(21(18)29)24-6-9-25-7-4-3-5-8-25/h10,24,27-28,30-31H,3-9,11-12H2,1-2H3/t22-,23+/m1/s1. The molecule has 31 heavy (non-hydrogen) atoms. The summed E-state index contributed by atoms with van der Waals surface area (Å²) in [6.07, 6.45) is 4.38. The number of phenolic OH excluding ortho intramolecular Hbond substituents is 2. The summed E-state index contributed by atoms with van der Waals surface area (Å²) in [7, 11) is 0. The van der Waals surface area contributed by atoms with Gasteiger partial charge < -0.3 is 30.6 Å². The molecule has 1 saturated heterocycles. The van der Waals surface area contributed by atoms with Crippen molar-refractivity contribution in [3.8, 4) is 11.5 Å². The molecule has 2 aliphatic carbocycles. The zero-order chi connectivity index (χ0) is 22.6. The summed E-state index contributed by atoms with van der Waals surface area (Å²) < 4.78 is 0. The van der Waals surface area contributed by atoms with Gasteiger partial charge in [0.25, 0.3) is 0 Å². The van der Waals surface area contributed by atoms with Gasteiger partial charge in [0.1, 0.15) is 11.5 Å². The highest BCUT2D eigenvalue weighted by molar-refractivity contribution is 6.26. The predicted octanol–water partition coefficient (Wildman–Crippen LogP) is 1.04. The van der Waals surface area contributed by atoms with Gasteiger partial charge in [-0.15, -0.1) is 0 Å². The number of Topliss-reactive ketones (excluding diaryl/α,β-unsaturated/α-hetero) is 1. The van der Waals surface area contributed by atoms with Crippen LogP contribution in [0.25, 0.3) is 0 Å². The van der Waals surface area contributed by atoms with Gasteiger partial charge in [-0.05, 0) is 39.8 Å². The van der Waals surface area contributed by atoms with E-state index in [1.807, 2.05) is 0 Å². The minimum Gasteiger partial charge on any atom is -0.507 e. The lowest BCUT2D eigenvalue weighted by Crippen LogP contribution is -2.55. The zero-order valence-corrected chi connectivity index (χ0v) is 18.0. The van der Waals surface area contributed by atoms with Crippen LogP contribution in [0.5, 0.6) is 11.5 Å². The summed E-state index contributed by atoms with van der Waals surface area (Å²) in [5.74, 6) is -1.98. The molecule has 1 fully saturated rings. The van der Waals surface area contributed by atoms with Gasteiger partial charge in [-0.3, -0.25) is 9.59 Å². The first-order valence-corrected chi connectivity index (χ1v) is 10.8. The van der Waals surface area contributed by atoms with Crippen molar-refractivity contribution in [1.29, 1.82) is 0 Å². The number of benzene rings is 1. The molecule has 0 bridgehead atoms. The Morgan fingerprint density at radius 1 is 0.935 bits per heavy atom. The molecule has 0 radical (unpaired) electrons. The molecule has 168 valence electrons. The summed E-state index contributed by atoms with van der Waals surface area (Å²) in [5, 5.41) is 46.0. The first kappa shape index (κ1) is 21.8. The zero-order valence-electron chi connectivity index (χ0n) is 18.0. The van der Waals surface area contributed by atoms with Crippen LogP contribution in [0, 0.1) is 0 Å². The van der Waals surface area contributed by atoms with Crippen LogP contribution in [-0.2, 0) is 12.8 Å². The van der Waals surface area contributed by atoms with Crippen LogP contribution >= 0.6 is 0 Å². The first-order valence-electron chi connectivity index (χ1n) is 10.8. The van der Waals surface area contributed by atoms with Gasteiger partial charge in [0.2, 0.25) is 5.78 Å². The van der Waals surface area contributed by atoms with Crippen LogP contribution in [0.4, 0.5) is 0 Å². The largest absolute Gasteiger partial charge is 0.507 e. The van der Waals surface area contributed by atoms with Crippen molar-refractivity contribution < 1.29 is 30.0 Å². The molecule has 2 atom stereocenters. The van der Waals surface area contributed by atoms with Gasteiger partial charge >= 0.3 is 0 Å². The Morgan fingerprint density at radius 2 is 1.48 bits per heavy atom. The first-order chi connectivity index (χ1) is 14.5. The molecule has 8 nitrogen and oxygen atoms in total. The molecule has 0 aromatic heterocycles. The van der Waals surface area contributed by atoms with Gasteiger partial charge in [0.15, 0.2) is 5.78 Å². The number of rotatable bonds is 4. The number of hydrogen-bond donors (Lipinski definition) is 5. The topological polar surface area (TPSA) is 130 Å². The number of piperidine rings is 1. The lowest BCUT2D eigenvalue weighted by molar-refractivity contribution is -0.135. The molecule has 0 unspecified atom stereocenters. The summed E-state index contributed by atoms with van der Waals surface area (Å²) >= 11 is 0. The molecule has 8 heteroatoms. The predicted molar refractivity (Wildman–Crippen MR) is 113 cm³/mol. The molecule has 4 rings (SSSR count). The third kappa shape index (κ3) is 3.62. The van der Waals surface area contributed by atoms with Crippen molar-refractivity contribution in [3.63, 3.8) is 0 Å². The van der Waals surface area contributed by atoms with Crippen LogP contribution in [0.15, 0.2) is 11.8 Å². The molecule has 1 aliphatic heterocycles. The third-order valence-corrected chi connectivity index (χ3v) is 7.05. The van der Waals surface area contributed by atoms with Crippen LogP contribution in [0.3, 0.4) is 0 Å². The molecule has 0 saturated carbocycles. The molecule has 1 aromatic rings. The fraction of sp³-hybridized carbons (Fsp3) is 0.565. The number of aromatic hydroxyl groups is 2. The normalized spacial score (nSPS) is 28.7. The van der Waals surface area contributed by atoms with E-state index in [0.717, 1.165) is 38.6 Å². The van der Waals surface area contributed by atoms with E-state index in [1.54, 1.807) is 0 Å². The van der Waals surface area contributed by atoms with Crippen molar-refractivity contribution in [1.82, 2.24) is 10.2 Å². The Bertz CT molecular complexity index is 973. The number of aliphatic hydroxyl groups is 2. The Morgan fingerprint density at radius 3 is 2.06 bits per heavy atom. The van der Waals surface area contributed by atoms with Crippen molar-refractivity contribution in [2.45, 2.75) is 57.2 Å². The van der Waals surface area contributed by atoms with E-state index in [0.29, 0.717) is 6.54 Å². The molecule has 5 N–H and O–H groups in total. The molecular formula is C23H30N2O6. The Balaban J connectivity index is 1.64. The van der Waals surface area contributed by atoms with Crippen molar-refractivity contribution in [2.24, 2.45) is 0 Å². The highest BCUT2D eigenvalue weighted by Gasteiger charge is 2.49. The molecular weight excluding hydrogens is 400 g/mol. The number of carbonyl (C=O) groups excluding carboxylic acids is 2. The number of fused-ring (bicyclic) bond motifs is 2. The van der Waals surface area contributed by atoms with Gasteiger partial charge in [0, 0.05) is 43.1 Å². The van der Waals surface area contributed by atoms with Crippen LogP contribution in [-0.4, -0.2) is 74.3 Å². The van der Waals surface area contributed by atoms with Crippen LogP contribution < -0.4 is 5.32 Å². The van der Waals surface area contributed by atoms with Crippen LogP contribution in [0.2, 0.25) is 0 Å². The SMILES string of the molecule is C[C@]1(O)Cc2c(O)c3c(c(O)c2C[C@@]1(C)O)C(=O)C=C(NCCN1CCCCC1)C3=O. The van der Waals surface area contributed by atoms with E-state index >= 15 is 0 Å². The second kappa shape index (κ2) is 7.62. The maximum Gasteiger partial charge on any atom is 0.213 e. The molecule has 1 aromatic carbocycles. The lowest BCUT2D eigenvalue weighted by atomic mass is 9.69. The van der Waals surface area contributed by atoms with Gasteiger partial charge in [-0.2, -0.15) is 0 Å². The van der Waals surface area contributed by atoms with E-state index < -0.39 is 34.3 Å². The highest BCUT2D eigenvalue weighted by Crippen LogP contribution is 2.48. The number of nitrogens with zero attached hydrogens (tertiary/aromatic N) is 1. The Hall–Kier alpha value is -2.42. The van der Waals surface area contributed by atoms with E-state index in [-0.39, 0.29) is 40.8 Å². The number of hydrogen-bond acceptors (Lipinski definition) is 8. The maximum atomic E-state index is 13.1. The summed E-state index contributed by atoms with van der Waals surface area (Å²) in [6, 6.07) is 0. The monoisotopic (exact) mass is 430 g/mol. The molecule has 1 heterocycles. The second-order valence-electron chi connectivity index (χ2n) is 9.39. The average Bonchev–Trinajstić information content (AvgIpc) is 2.70. The Labute approximate surface area is 181 Å². The molecule has 3 aliphatic rings. The van der Waals surface area contributed by atoms with Gasteiger partial charge in [-0.25, -0.2) is 0 Å². The fourth-order valence-corrected chi connectivity index (χ4v) is 4.80. The number of ketones is 2. The van der Waals surface area contributed by atoms with E-state index in [4.69, 9.17) is 0 Å². The third-order valence-electron chi connectivity index (χ3n) is 7.05. The fourth-order valence-electron chi connectivity index (χ4n) is 4.80. The second-order valence-corrected chi connectivity index (χ2v) is 9.39. The summed E-state index contributed by atoms with van der Waals surface area (Å²) in [6.45, 7) is 6.12. The van der Waals surface area contributed by atoms with Crippen molar-refractivity contribution in [3.05, 3.63) is 34.0 Å². The summed E-state index contributed by atoms with van der Waals surface area (Å²) in [5.41, 5.74) is -3.20. The highest BCUT2D eigenvalue weighted by atomic mass is 16.4. The number of likely N-dealkylation sites (tertiary alicyclic amines) is 1. The van der Waals surface area contributed by atoms with E-state index in [9.17, 15) is 30.0 Å². The quantitative estimate of drug-likeness (QED) is 0.448. The van der Waals surface area contributed by atoms with Crippen molar-refractivity contribution in [2.75, 3.05) is 26.2 Å². The van der Waals surface area contributed by atoms with Crippen molar-refractivity contribution >= 4 is 11.6 Å². The lowest BCUT2D eigenvalue weighted by Gasteiger charge is -2.44. The Kier molecular flexibility index (Phi) is 5.36. The van der Waals surface area contributed by atoms with Gasteiger partial charge in [-0.1, -0.05) is 6.42 Å². The van der Waals surface area contributed by atoms with Crippen LogP contribution in [0.1, 0.15) is 65.0 Å². The minimum atomic E-state index is -1.58. The number of allylic oxidation sites excluding steroid dienone is 2. The number of carbonyl (C=O) groups is 2. The van der Waals surface area contributed by atoms with E-state index in [1.165, 1.54) is 20.3 Å². The van der Waals surface area contributed by atoms with E-state index in [2.05, 4.69) is 10.2 Å². The molecule has 0 spiro atoms. The smallest absolute Gasteiger partial charge is 0.213 e. The average molecular weight is 431 g/mol.